The minimum atomic E-state index is -0.254. The van der Waals surface area contributed by atoms with Crippen LogP contribution >= 0.6 is 0 Å². The molecule has 222 valence electrons. The predicted octanol–water partition coefficient (Wildman–Crippen LogP) is 2.74. The lowest BCUT2D eigenvalue weighted by molar-refractivity contribution is -0.136. The Morgan fingerprint density at radius 3 is 2.83 bits per heavy atom. The van der Waals surface area contributed by atoms with Gasteiger partial charge in [0.15, 0.2) is 11.5 Å². The zero-order valence-corrected chi connectivity index (χ0v) is 23.7. The number of rotatable bonds is 5. The molecule has 0 radical (unpaired) electrons. The number of aromatic nitrogens is 3. The van der Waals surface area contributed by atoms with Crippen LogP contribution in [0.25, 0.3) is 0 Å². The van der Waals surface area contributed by atoms with E-state index in [1.165, 1.54) is 6.33 Å². The summed E-state index contributed by atoms with van der Waals surface area (Å²) >= 11 is 0. The number of hydrogen-bond donors (Lipinski definition) is 2. The average molecular weight is 577 g/mol. The molecule has 1 aromatic heterocycles. The van der Waals surface area contributed by atoms with E-state index < -0.39 is 0 Å². The van der Waals surface area contributed by atoms with Gasteiger partial charge in [-0.3, -0.25) is 19.1 Å². The largest absolute Gasteiger partial charge is 0.493 e. The molecule has 2 N–H and O–H groups in total. The summed E-state index contributed by atoms with van der Waals surface area (Å²) in [5, 5.41) is 9.86. The number of nitrogens with zero attached hydrogens (tertiary/aromatic N) is 4. The van der Waals surface area contributed by atoms with Gasteiger partial charge in [-0.2, -0.15) is 5.10 Å². The molecule has 0 spiro atoms. The molecular weight excluding hydrogens is 540 g/mol. The Bertz CT molecular complexity index is 1390. The van der Waals surface area contributed by atoms with Crippen LogP contribution in [-0.2, 0) is 20.9 Å². The van der Waals surface area contributed by atoms with Crippen LogP contribution < -0.4 is 24.8 Å². The van der Waals surface area contributed by atoms with Crippen LogP contribution in [0.3, 0.4) is 0 Å². The van der Waals surface area contributed by atoms with Crippen molar-refractivity contribution in [2.75, 3.05) is 45.3 Å². The lowest BCUT2D eigenvalue weighted by atomic mass is 9.84. The van der Waals surface area contributed by atoms with Gasteiger partial charge in [0, 0.05) is 43.6 Å². The highest BCUT2D eigenvalue weighted by Crippen LogP contribution is 2.41. The Labute approximate surface area is 244 Å². The first-order chi connectivity index (χ1) is 20.5. The van der Waals surface area contributed by atoms with Crippen LogP contribution in [0.4, 0.5) is 5.69 Å². The van der Waals surface area contributed by atoms with Crippen LogP contribution in [-0.4, -0.2) is 77.3 Å². The van der Waals surface area contributed by atoms with Crippen molar-refractivity contribution < 1.29 is 28.6 Å². The Morgan fingerprint density at radius 2 is 2.00 bits per heavy atom. The molecule has 6 rings (SSSR count). The van der Waals surface area contributed by atoms with Gasteiger partial charge in [0.25, 0.3) is 0 Å². The van der Waals surface area contributed by atoms with Crippen LogP contribution in [0.15, 0.2) is 49.1 Å². The molecule has 1 atom stereocenters. The third-order valence-electron chi connectivity index (χ3n) is 7.36. The highest BCUT2D eigenvalue weighted by Gasteiger charge is 2.28. The molecule has 4 heterocycles. The number of amides is 3. The summed E-state index contributed by atoms with van der Waals surface area (Å²) in [5.74, 6) is 1.22. The van der Waals surface area contributed by atoms with E-state index >= 15 is 0 Å². The third-order valence-corrected chi connectivity index (χ3v) is 7.36. The third kappa shape index (κ3) is 7.36. The normalized spacial score (nSPS) is 17.8. The monoisotopic (exact) mass is 576 g/mol. The van der Waals surface area contributed by atoms with Crippen molar-refractivity contribution >= 4 is 23.4 Å². The number of methoxy groups -OCH3 is 1. The lowest BCUT2D eigenvalue weighted by Crippen LogP contribution is -2.42. The van der Waals surface area contributed by atoms with Gasteiger partial charge in [-0.05, 0) is 48.6 Å². The maximum atomic E-state index is 13.1. The van der Waals surface area contributed by atoms with E-state index in [-0.39, 0.29) is 43.3 Å². The molecule has 0 saturated carbocycles. The second kappa shape index (κ2) is 13.8. The maximum Gasteiger partial charge on any atom is 0.239 e. The summed E-state index contributed by atoms with van der Waals surface area (Å²) in [4.78, 5) is 43.9. The van der Waals surface area contributed by atoms with Crippen LogP contribution in [0.5, 0.6) is 17.2 Å². The number of nitrogens with one attached hydrogen (secondary N) is 2. The summed E-state index contributed by atoms with van der Waals surface area (Å²) < 4.78 is 19.2. The van der Waals surface area contributed by atoms with E-state index in [0.717, 1.165) is 11.1 Å². The van der Waals surface area contributed by atoms with Gasteiger partial charge in [0.1, 0.15) is 25.0 Å². The summed E-state index contributed by atoms with van der Waals surface area (Å²) in [6.07, 6.45) is 5.61. The fourth-order valence-corrected chi connectivity index (χ4v) is 5.22. The van der Waals surface area contributed by atoms with Crippen molar-refractivity contribution in [1.29, 1.82) is 0 Å². The highest BCUT2D eigenvalue weighted by molar-refractivity contribution is 5.95. The van der Waals surface area contributed by atoms with Crippen LogP contribution in [0.1, 0.15) is 49.1 Å². The van der Waals surface area contributed by atoms with Crippen molar-refractivity contribution in [2.24, 2.45) is 0 Å². The van der Waals surface area contributed by atoms with Crippen molar-refractivity contribution in [1.82, 2.24) is 25.0 Å². The lowest BCUT2D eigenvalue weighted by Gasteiger charge is -2.27. The van der Waals surface area contributed by atoms with E-state index in [2.05, 4.69) is 20.7 Å². The molecule has 6 bridgehead atoms. The predicted molar refractivity (Wildman–Crippen MR) is 154 cm³/mol. The average Bonchev–Trinajstić information content (AvgIpc) is 3.51. The first kappa shape index (κ1) is 28.9. The molecule has 12 nitrogen and oxygen atoms in total. The number of aryl methyl sites for hydroxylation is 1. The highest BCUT2D eigenvalue weighted by atomic mass is 16.5. The van der Waals surface area contributed by atoms with Crippen molar-refractivity contribution in [2.45, 2.75) is 44.6 Å². The van der Waals surface area contributed by atoms with E-state index in [9.17, 15) is 14.4 Å². The van der Waals surface area contributed by atoms with E-state index in [1.807, 2.05) is 30.3 Å². The fourth-order valence-electron chi connectivity index (χ4n) is 5.22. The number of carbonyl (C=O) groups is 3. The summed E-state index contributed by atoms with van der Waals surface area (Å²) in [6, 6.07) is 11.4. The number of benzene rings is 2. The summed E-state index contributed by atoms with van der Waals surface area (Å²) in [5.41, 5.74) is 2.64. The SMILES string of the molecule is COc1ccc2cc1OCCCCN(C(=O)CCCn1cncn1)CC(=O)NCCOc1ccc3c(c1)NC(=O)CC23. The fraction of sp³-hybridized carbons (Fsp3) is 0.433. The van der Waals surface area contributed by atoms with Gasteiger partial charge in [0.05, 0.1) is 26.8 Å². The molecule has 3 aliphatic heterocycles. The second-order valence-corrected chi connectivity index (χ2v) is 10.3. The molecule has 0 fully saturated rings. The number of anilines is 1. The molecule has 12 heteroatoms. The van der Waals surface area contributed by atoms with Gasteiger partial charge in [-0.25, -0.2) is 4.98 Å². The molecule has 3 amide bonds. The molecule has 0 saturated heterocycles. The Morgan fingerprint density at radius 1 is 1.10 bits per heavy atom. The zero-order chi connectivity index (χ0) is 29.3. The zero-order valence-electron chi connectivity index (χ0n) is 23.7. The maximum absolute atomic E-state index is 13.1. The van der Waals surface area contributed by atoms with Crippen LogP contribution in [0, 0.1) is 0 Å². The van der Waals surface area contributed by atoms with Crippen molar-refractivity contribution in [3.8, 4) is 17.2 Å². The minimum absolute atomic E-state index is 0.0366. The Kier molecular flexibility index (Phi) is 9.52. The van der Waals surface area contributed by atoms with Gasteiger partial charge in [0.2, 0.25) is 17.7 Å². The van der Waals surface area contributed by atoms with Gasteiger partial charge in [-0.1, -0.05) is 12.1 Å². The smallest absolute Gasteiger partial charge is 0.239 e. The number of ether oxygens (including phenoxy) is 3. The quantitative estimate of drug-likeness (QED) is 0.443. The molecule has 3 aliphatic rings. The van der Waals surface area contributed by atoms with Crippen molar-refractivity contribution in [3.63, 3.8) is 0 Å². The number of carbonyl (C=O) groups excluding carboxylic acids is 3. The summed E-state index contributed by atoms with van der Waals surface area (Å²) in [7, 11) is 1.59. The summed E-state index contributed by atoms with van der Waals surface area (Å²) in [6.45, 7) is 1.89. The molecule has 1 unspecified atom stereocenters. The number of hydrogen-bond acceptors (Lipinski definition) is 8. The Balaban J connectivity index is 1.31. The molecule has 3 aromatic rings. The Hall–Kier alpha value is -4.61. The second-order valence-electron chi connectivity index (χ2n) is 10.3. The van der Waals surface area contributed by atoms with E-state index in [0.29, 0.717) is 74.7 Å². The van der Waals surface area contributed by atoms with E-state index in [1.54, 1.807) is 29.1 Å². The minimum Gasteiger partial charge on any atom is -0.493 e. The van der Waals surface area contributed by atoms with Gasteiger partial charge >= 0.3 is 0 Å². The van der Waals surface area contributed by atoms with Crippen molar-refractivity contribution in [3.05, 3.63) is 60.2 Å². The van der Waals surface area contributed by atoms with Crippen LogP contribution in [0.2, 0.25) is 0 Å². The first-order valence-electron chi connectivity index (χ1n) is 14.2. The molecule has 0 aliphatic carbocycles. The number of fused-ring (bicyclic) bond motifs is 12. The topological polar surface area (TPSA) is 137 Å². The van der Waals surface area contributed by atoms with Gasteiger partial charge < -0.3 is 29.7 Å². The van der Waals surface area contributed by atoms with E-state index in [4.69, 9.17) is 14.2 Å². The molecule has 42 heavy (non-hydrogen) atoms. The first-order valence-corrected chi connectivity index (χ1v) is 14.2. The molecular formula is C30H36N6O6. The molecule has 2 aromatic carbocycles. The standard InChI is InChI=1S/C30H36N6O6/c1-40-26-9-6-21-15-27(26)42-13-3-2-11-35(30(39)5-4-12-36-20-31-19-33-36)18-29(38)32-10-14-41-22-7-8-23-24(21)17-28(37)34-25(23)16-22/h6-9,15-16,19-20,24H,2-5,10-14,17-18H2,1H3,(H,32,38)(H,34,37). The van der Waals surface area contributed by atoms with Gasteiger partial charge in [-0.15, -0.1) is 0 Å².